The Morgan fingerprint density at radius 2 is 0.737 bits per heavy atom. The number of aryl methyl sites for hydroxylation is 2. The Morgan fingerprint density at radius 3 is 1.26 bits per heavy atom. The van der Waals surface area contributed by atoms with E-state index in [1.54, 1.807) is 0 Å². The van der Waals surface area contributed by atoms with Gasteiger partial charge < -0.3 is 0 Å². The summed E-state index contributed by atoms with van der Waals surface area (Å²) in [6.07, 6.45) is 0. The van der Waals surface area contributed by atoms with Crippen LogP contribution in [0.15, 0.2) is 140 Å². The summed E-state index contributed by atoms with van der Waals surface area (Å²) >= 11 is 0. The van der Waals surface area contributed by atoms with Gasteiger partial charge in [-0.1, -0.05) is 120 Å². The Balaban J connectivity index is 1.59. The predicted molar refractivity (Wildman–Crippen MR) is 161 cm³/mol. The van der Waals surface area contributed by atoms with Crippen molar-refractivity contribution in [2.45, 2.75) is 13.8 Å². The van der Waals surface area contributed by atoms with E-state index in [2.05, 4.69) is 147 Å². The molecule has 5 aromatic carbocycles. The Morgan fingerprint density at radius 1 is 0.316 bits per heavy atom. The molecule has 0 amide bonds. The molecule has 0 bridgehead atoms. The molecule has 0 saturated heterocycles. The van der Waals surface area contributed by atoms with Gasteiger partial charge in [-0.25, -0.2) is 4.98 Å². The van der Waals surface area contributed by atoms with Crippen LogP contribution in [-0.2, 0) is 0 Å². The number of hydrogen-bond donors (Lipinski definition) is 0. The van der Waals surface area contributed by atoms with Crippen LogP contribution < -0.4 is 0 Å². The normalized spacial score (nSPS) is 10.9. The van der Waals surface area contributed by atoms with Crippen molar-refractivity contribution in [1.82, 2.24) is 4.98 Å². The van der Waals surface area contributed by atoms with Gasteiger partial charge in [-0.3, -0.25) is 0 Å². The van der Waals surface area contributed by atoms with Gasteiger partial charge in [0.25, 0.3) is 0 Å². The van der Waals surface area contributed by atoms with Crippen LogP contribution in [0.5, 0.6) is 0 Å². The summed E-state index contributed by atoms with van der Waals surface area (Å²) in [7, 11) is 0. The fourth-order valence-corrected chi connectivity index (χ4v) is 4.99. The second-order valence-corrected chi connectivity index (χ2v) is 9.90. The summed E-state index contributed by atoms with van der Waals surface area (Å²) in [4.78, 5) is 5.20. The maximum absolute atomic E-state index is 5.20. The van der Waals surface area contributed by atoms with Crippen molar-refractivity contribution in [3.05, 3.63) is 151 Å². The van der Waals surface area contributed by atoms with Crippen molar-refractivity contribution in [2.24, 2.45) is 0 Å². The molecule has 0 spiro atoms. The quantitative estimate of drug-likeness (QED) is 0.236. The van der Waals surface area contributed by atoms with Crippen molar-refractivity contribution < 1.29 is 0 Å². The molecule has 1 aromatic heterocycles. The molecule has 0 aliphatic rings. The number of aromatic nitrogens is 1. The SMILES string of the molecule is Cc1cccc(-c2cc(-c3cccc(C)c3)cc(-c3cc(-c4ccccc4)cc(-c4ccccc4)n3)c2)c1. The molecule has 6 rings (SSSR count). The fourth-order valence-electron chi connectivity index (χ4n) is 4.99. The van der Waals surface area contributed by atoms with Gasteiger partial charge in [0.1, 0.15) is 0 Å². The molecule has 1 nitrogen and oxygen atoms in total. The second-order valence-electron chi connectivity index (χ2n) is 9.90. The lowest BCUT2D eigenvalue weighted by molar-refractivity contribution is 1.32. The summed E-state index contributed by atoms with van der Waals surface area (Å²) in [5, 5.41) is 0. The summed E-state index contributed by atoms with van der Waals surface area (Å²) < 4.78 is 0. The van der Waals surface area contributed by atoms with Crippen LogP contribution in [0.4, 0.5) is 0 Å². The summed E-state index contributed by atoms with van der Waals surface area (Å²) in [6, 6.07) is 49.7. The smallest absolute Gasteiger partial charge is 0.0716 e. The molecule has 0 radical (unpaired) electrons. The first kappa shape index (κ1) is 23.6. The van der Waals surface area contributed by atoms with Gasteiger partial charge in [0, 0.05) is 11.1 Å². The molecule has 0 saturated carbocycles. The van der Waals surface area contributed by atoms with Gasteiger partial charge in [0.05, 0.1) is 11.4 Å². The third-order valence-corrected chi connectivity index (χ3v) is 6.93. The highest BCUT2D eigenvalue weighted by Gasteiger charge is 2.12. The van der Waals surface area contributed by atoms with Gasteiger partial charge >= 0.3 is 0 Å². The first-order valence-corrected chi connectivity index (χ1v) is 13.0. The van der Waals surface area contributed by atoms with Crippen LogP contribution >= 0.6 is 0 Å². The third kappa shape index (κ3) is 5.05. The number of hydrogen-bond acceptors (Lipinski definition) is 1. The summed E-state index contributed by atoms with van der Waals surface area (Å²) in [6.45, 7) is 4.29. The molecular formula is C37H29N. The molecule has 6 aromatic rings. The second kappa shape index (κ2) is 10.3. The Kier molecular flexibility index (Phi) is 6.42. The lowest BCUT2D eigenvalue weighted by Crippen LogP contribution is -1.93. The Bertz CT molecular complexity index is 1590. The number of rotatable bonds is 5. The first-order valence-electron chi connectivity index (χ1n) is 13.0. The van der Waals surface area contributed by atoms with Crippen LogP contribution in [0.3, 0.4) is 0 Å². The van der Waals surface area contributed by atoms with E-state index in [0.717, 1.165) is 28.1 Å². The van der Waals surface area contributed by atoms with Crippen LogP contribution in [0.25, 0.3) is 55.9 Å². The average molecular weight is 488 g/mol. The highest BCUT2D eigenvalue weighted by Crippen LogP contribution is 2.35. The van der Waals surface area contributed by atoms with Crippen molar-refractivity contribution in [3.8, 4) is 55.9 Å². The van der Waals surface area contributed by atoms with Gasteiger partial charge in [-0.15, -0.1) is 0 Å². The fraction of sp³-hybridized carbons (Fsp3) is 0.0541. The molecule has 0 aliphatic carbocycles. The molecule has 0 unspecified atom stereocenters. The minimum Gasteiger partial charge on any atom is -0.248 e. The molecule has 1 heteroatoms. The van der Waals surface area contributed by atoms with E-state index in [0.29, 0.717) is 0 Å². The molecule has 0 fully saturated rings. The number of nitrogens with zero attached hydrogens (tertiary/aromatic N) is 1. The van der Waals surface area contributed by atoms with Crippen molar-refractivity contribution >= 4 is 0 Å². The third-order valence-electron chi connectivity index (χ3n) is 6.93. The molecule has 0 atom stereocenters. The zero-order valence-corrected chi connectivity index (χ0v) is 21.7. The van der Waals surface area contributed by atoms with E-state index >= 15 is 0 Å². The highest BCUT2D eigenvalue weighted by molar-refractivity contribution is 5.83. The van der Waals surface area contributed by atoms with E-state index in [9.17, 15) is 0 Å². The van der Waals surface area contributed by atoms with E-state index in [4.69, 9.17) is 4.98 Å². The lowest BCUT2D eigenvalue weighted by atomic mass is 9.93. The maximum Gasteiger partial charge on any atom is 0.0716 e. The Labute approximate surface area is 225 Å². The van der Waals surface area contributed by atoms with E-state index in [1.807, 2.05) is 6.07 Å². The van der Waals surface area contributed by atoms with E-state index in [1.165, 1.54) is 38.9 Å². The molecule has 38 heavy (non-hydrogen) atoms. The summed E-state index contributed by atoms with van der Waals surface area (Å²) in [5.74, 6) is 0. The monoisotopic (exact) mass is 487 g/mol. The molecule has 1 heterocycles. The van der Waals surface area contributed by atoms with Gasteiger partial charge in [0.15, 0.2) is 0 Å². The minimum absolute atomic E-state index is 0.966. The zero-order chi connectivity index (χ0) is 25.9. The average Bonchev–Trinajstić information content (AvgIpc) is 2.97. The maximum atomic E-state index is 5.20. The van der Waals surface area contributed by atoms with Crippen molar-refractivity contribution in [2.75, 3.05) is 0 Å². The largest absolute Gasteiger partial charge is 0.248 e. The standard InChI is InChI=1S/C37H29N/c1-26-11-9-17-30(19-26)32-21-33(31-18-10-12-27(2)20-31)23-35(22-32)37-25-34(28-13-5-3-6-14-28)24-36(38-37)29-15-7-4-8-16-29/h3-25H,1-2H3. The van der Waals surface area contributed by atoms with Gasteiger partial charge in [-0.05, 0) is 77.6 Å². The Hall–Kier alpha value is -4.75. The van der Waals surface area contributed by atoms with Crippen LogP contribution in [0.1, 0.15) is 11.1 Å². The number of benzene rings is 5. The van der Waals surface area contributed by atoms with Crippen LogP contribution in [0.2, 0.25) is 0 Å². The lowest BCUT2D eigenvalue weighted by Gasteiger charge is -2.14. The zero-order valence-electron chi connectivity index (χ0n) is 21.7. The first-order chi connectivity index (χ1) is 18.6. The molecular weight excluding hydrogens is 458 g/mol. The van der Waals surface area contributed by atoms with Gasteiger partial charge in [0.2, 0.25) is 0 Å². The summed E-state index contributed by atoms with van der Waals surface area (Å²) in [5.41, 5.74) is 13.8. The molecule has 0 aliphatic heterocycles. The number of pyridine rings is 1. The highest BCUT2D eigenvalue weighted by atomic mass is 14.7. The van der Waals surface area contributed by atoms with Crippen molar-refractivity contribution in [3.63, 3.8) is 0 Å². The van der Waals surface area contributed by atoms with Crippen molar-refractivity contribution in [1.29, 1.82) is 0 Å². The van der Waals surface area contributed by atoms with Crippen LogP contribution in [-0.4, -0.2) is 4.98 Å². The van der Waals surface area contributed by atoms with Crippen LogP contribution in [0, 0.1) is 13.8 Å². The van der Waals surface area contributed by atoms with E-state index < -0.39 is 0 Å². The topological polar surface area (TPSA) is 12.9 Å². The van der Waals surface area contributed by atoms with E-state index in [-0.39, 0.29) is 0 Å². The predicted octanol–water partition coefficient (Wildman–Crippen LogP) is 10.0. The van der Waals surface area contributed by atoms with Gasteiger partial charge in [-0.2, -0.15) is 0 Å². The molecule has 0 N–H and O–H groups in total. The molecule has 182 valence electrons. The minimum atomic E-state index is 0.966.